The number of carbonyl (C=O) groups is 1. The molecule has 0 bridgehead atoms. The first kappa shape index (κ1) is 14.6. The lowest BCUT2D eigenvalue weighted by molar-refractivity contribution is -0.133. The Hall–Kier alpha value is -1.35. The predicted molar refractivity (Wildman–Crippen MR) is 85.1 cm³/mol. The lowest BCUT2D eigenvalue weighted by Gasteiger charge is -2.29. The molecule has 1 amide bonds. The van der Waals surface area contributed by atoms with Gasteiger partial charge in [0.1, 0.15) is 0 Å². The van der Waals surface area contributed by atoms with Gasteiger partial charge in [0.15, 0.2) is 0 Å². The molecular formula is C18H26N2O. The third-order valence-electron chi connectivity index (χ3n) is 4.65. The summed E-state index contributed by atoms with van der Waals surface area (Å²) in [7, 11) is 0. The van der Waals surface area contributed by atoms with E-state index in [0.29, 0.717) is 0 Å². The van der Waals surface area contributed by atoms with Crippen LogP contribution in [0, 0.1) is 0 Å². The lowest BCUT2D eigenvalue weighted by atomic mass is 10.1. The second-order valence-corrected chi connectivity index (χ2v) is 6.51. The molecule has 0 aromatic heterocycles. The van der Waals surface area contributed by atoms with Gasteiger partial charge in [-0.2, -0.15) is 0 Å². The summed E-state index contributed by atoms with van der Waals surface area (Å²) in [5.74, 6) is 1.05. The normalized spacial score (nSPS) is 20.3. The van der Waals surface area contributed by atoms with E-state index in [4.69, 9.17) is 0 Å². The van der Waals surface area contributed by atoms with E-state index in [1.54, 1.807) is 0 Å². The first-order chi connectivity index (χ1) is 10.2. The van der Waals surface area contributed by atoms with Crippen molar-refractivity contribution in [3.05, 3.63) is 35.4 Å². The van der Waals surface area contributed by atoms with Gasteiger partial charge in [-0.15, -0.1) is 0 Å². The molecule has 1 heterocycles. The summed E-state index contributed by atoms with van der Waals surface area (Å²) in [5, 5.41) is 3.39. The highest BCUT2D eigenvalue weighted by Crippen LogP contribution is 2.40. The summed E-state index contributed by atoms with van der Waals surface area (Å²) < 4.78 is 0. The van der Waals surface area contributed by atoms with E-state index >= 15 is 0 Å². The minimum atomic E-state index is -0.0901. The summed E-state index contributed by atoms with van der Waals surface area (Å²) in [4.78, 5) is 14.4. The van der Waals surface area contributed by atoms with Crippen LogP contribution in [0.3, 0.4) is 0 Å². The van der Waals surface area contributed by atoms with Crippen LogP contribution in [-0.2, 0) is 11.3 Å². The van der Waals surface area contributed by atoms with Gasteiger partial charge in [-0.3, -0.25) is 4.79 Å². The summed E-state index contributed by atoms with van der Waals surface area (Å²) in [6.45, 7) is 4.63. The molecule has 1 N–H and O–H groups in total. The third kappa shape index (κ3) is 3.85. The highest BCUT2D eigenvalue weighted by atomic mass is 16.2. The second-order valence-electron chi connectivity index (χ2n) is 6.51. The van der Waals surface area contributed by atoms with E-state index in [2.05, 4.69) is 29.6 Å². The Bertz CT molecular complexity index is 490. The van der Waals surface area contributed by atoms with E-state index in [0.717, 1.165) is 38.4 Å². The van der Waals surface area contributed by atoms with Crippen LogP contribution in [0.15, 0.2) is 24.3 Å². The molecule has 1 saturated carbocycles. The maximum absolute atomic E-state index is 12.4. The number of rotatable bonds is 5. The molecule has 1 aliphatic heterocycles. The fourth-order valence-corrected chi connectivity index (χ4v) is 3.12. The quantitative estimate of drug-likeness (QED) is 0.902. The van der Waals surface area contributed by atoms with Gasteiger partial charge in [0, 0.05) is 19.6 Å². The van der Waals surface area contributed by atoms with Crippen LogP contribution in [-0.4, -0.2) is 29.9 Å². The Kier molecular flexibility index (Phi) is 4.59. The van der Waals surface area contributed by atoms with Crippen molar-refractivity contribution >= 4 is 5.91 Å². The van der Waals surface area contributed by atoms with E-state index in [9.17, 15) is 4.79 Å². The van der Waals surface area contributed by atoms with Gasteiger partial charge in [0.2, 0.25) is 5.91 Å². The smallest absolute Gasteiger partial charge is 0.239 e. The zero-order valence-corrected chi connectivity index (χ0v) is 13.0. The van der Waals surface area contributed by atoms with Crippen LogP contribution in [0.25, 0.3) is 0 Å². The van der Waals surface area contributed by atoms with Crippen LogP contribution in [0.4, 0.5) is 0 Å². The standard InChI is InChI=1S/C18H26N2O/c1-14(18(21)20-10-3-2-4-11-20)19-13-15-6-5-7-17(12-15)16-8-9-16/h5-7,12,14,16,19H,2-4,8-11,13H2,1H3. The molecule has 0 spiro atoms. The molecule has 3 heteroatoms. The molecule has 1 unspecified atom stereocenters. The molecule has 1 aromatic rings. The number of amides is 1. The molecular weight excluding hydrogens is 260 g/mol. The molecule has 1 aromatic carbocycles. The summed E-state index contributed by atoms with van der Waals surface area (Å²) in [6.07, 6.45) is 6.24. The number of piperidine rings is 1. The van der Waals surface area contributed by atoms with Crippen LogP contribution in [0.5, 0.6) is 0 Å². The van der Waals surface area contributed by atoms with E-state index in [1.165, 1.54) is 30.4 Å². The molecule has 114 valence electrons. The zero-order chi connectivity index (χ0) is 14.7. The predicted octanol–water partition coefficient (Wildman–Crippen LogP) is 3.05. The van der Waals surface area contributed by atoms with Crippen LogP contribution in [0.2, 0.25) is 0 Å². The molecule has 2 fully saturated rings. The average molecular weight is 286 g/mol. The van der Waals surface area contributed by atoms with Crippen LogP contribution < -0.4 is 5.32 Å². The number of nitrogens with zero attached hydrogens (tertiary/aromatic N) is 1. The monoisotopic (exact) mass is 286 g/mol. The van der Waals surface area contributed by atoms with Gasteiger partial charge in [-0.1, -0.05) is 24.3 Å². The minimum Gasteiger partial charge on any atom is -0.341 e. The summed E-state index contributed by atoms with van der Waals surface area (Å²) in [6, 6.07) is 8.72. The van der Waals surface area contributed by atoms with Gasteiger partial charge in [-0.25, -0.2) is 0 Å². The molecule has 2 aliphatic rings. The number of benzene rings is 1. The topological polar surface area (TPSA) is 32.3 Å². The van der Waals surface area contributed by atoms with Crippen molar-refractivity contribution in [2.24, 2.45) is 0 Å². The average Bonchev–Trinajstić information content (AvgIpc) is 3.38. The van der Waals surface area contributed by atoms with Gasteiger partial charge in [-0.05, 0) is 56.1 Å². The van der Waals surface area contributed by atoms with Gasteiger partial charge in [0.25, 0.3) is 0 Å². The minimum absolute atomic E-state index is 0.0901. The lowest BCUT2D eigenvalue weighted by Crippen LogP contribution is -2.46. The van der Waals surface area contributed by atoms with Gasteiger partial charge in [0.05, 0.1) is 6.04 Å². The molecule has 1 atom stereocenters. The Morgan fingerprint density at radius 3 is 2.76 bits per heavy atom. The highest BCUT2D eigenvalue weighted by molar-refractivity contribution is 5.81. The number of likely N-dealkylation sites (tertiary alicyclic amines) is 1. The maximum Gasteiger partial charge on any atom is 0.239 e. The first-order valence-corrected chi connectivity index (χ1v) is 8.35. The van der Waals surface area contributed by atoms with Crippen LogP contribution in [0.1, 0.15) is 56.1 Å². The van der Waals surface area contributed by atoms with Crippen molar-refractivity contribution in [2.45, 2.75) is 57.5 Å². The third-order valence-corrected chi connectivity index (χ3v) is 4.65. The number of hydrogen-bond acceptors (Lipinski definition) is 2. The molecule has 3 nitrogen and oxygen atoms in total. The van der Waals surface area contributed by atoms with E-state index in [-0.39, 0.29) is 11.9 Å². The second kappa shape index (κ2) is 6.61. The van der Waals surface area contributed by atoms with Gasteiger partial charge >= 0.3 is 0 Å². The van der Waals surface area contributed by atoms with Crippen molar-refractivity contribution < 1.29 is 4.79 Å². The summed E-state index contributed by atoms with van der Waals surface area (Å²) in [5.41, 5.74) is 2.75. The maximum atomic E-state index is 12.4. The number of nitrogens with one attached hydrogen (secondary N) is 1. The Morgan fingerprint density at radius 1 is 1.29 bits per heavy atom. The Morgan fingerprint density at radius 2 is 2.05 bits per heavy atom. The zero-order valence-electron chi connectivity index (χ0n) is 13.0. The fraction of sp³-hybridized carbons (Fsp3) is 0.611. The molecule has 1 aliphatic carbocycles. The Balaban J connectivity index is 1.51. The fourth-order valence-electron chi connectivity index (χ4n) is 3.12. The van der Waals surface area contributed by atoms with E-state index in [1.807, 2.05) is 11.8 Å². The molecule has 1 saturated heterocycles. The highest BCUT2D eigenvalue weighted by Gasteiger charge is 2.24. The SMILES string of the molecule is CC(NCc1cccc(C2CC2)c1)C(=O)N1CCCCC1. The number of carbonyl (C=O) groups excluding carboxylic acids is 1. The Labute approximate surface area is 127 Å². The first-order valence-electron chi connectivity index (χ1n) is 8.35. The molecule has 21 heavy (non-hydrogen) atoms. The van der Waals surface area contributed by atoms with Crippen molar-refractivity contribution in [1.29, 1.82) is 0 Å². The largest absolute Gasteiger partial charge is 0.341 e. The number of hydrogen-bond donors (Lipinski definition) is 1. The van der Waals surface area contributed by atoms with E-state index < -0.39 is 0 Å². The van der Waals surface area contributed by atoms with Crippen molar-refractivity contribution in [3.8, 4) is 0 Å². The van der Waals surface area contributed by atoms with Crippen molar-refractivity contribution in [1.82, 2.24) is 10.2 Å². The van der Waals surface area contributed by atoms with Crippen molar-refractivity contribution in [2.75, 3.05) is 13.1 Å². The van der Waals surface area contributed by atoms with Crippen molar-refractivity contribution in [3.63, 3.8) is 0 Å². The molecule has 3 rings (SSSR count). The molecule has 0 radical (unpaired) electrons. The summed E-state index contributed by atoms with van der Waals surface area (Å²) >= 11 is 0. The van der Waals surface area contributed by atoms with Gasteiger partial charge < -0.3 is 10.2 Å². The van der Waals surface area contributed by atoms with Crippen LogP contribution >= 0.6 is 0 Å².